The fraction of sp³-hybridized carbons (Fsp3) is 1.00. The predicted molar refractivity (Wildman–Crippen MR) is 68.9 cm³/mol. The maximum Gasteiger partial charge on any atom is 0.0590 e. The van der Waals surface area contributed by atoms with Gasteiger partial charge in [-0.25, -0.2) is 0 Å². The lowest BCUT2D eigenvalue weighted by atomic mass is 10.1. The summed E-state index contributed by atoms with van der Waals surface area (Å²) in [6, 6.07) is 0. The van der Waals surface area contributed by atoms with E-state index in [1.807, 2.05) is 0 Å². The summed E-state index contributed by atoms with van der Waals surface area (Å²) in [5, 5.41) is 3.26. The third kappa shape index (κ3) is 13.9. The average molecular weight is 231 g/mol. The van der Waals surface area contributed by atoms with Gasteiger partial charge in [0.25, 0.3) is 0 Å². The summed E-state index contributed by atoms with van der Waals surface area (Å²) in [4.78, 5) is 0. The lowest BCUT2D eigenvalue weighted by Gasteiger charge is -2.05. The van der Waals surface area contributed by atoms with Gasteiger partial charge in [0.1, 0.15) is 0 Å². The van der Waals surface area contributed by atoms with Crippen LogP contribution in [0.25, 0.3) is 0 Å². The number of unbranched alkanes of at least 4 members (excludes halogenated alkanes) is 5. The average Bonchev–Trinajstić information content (AvgIpc) is 2.31. The molecular formula is C13H29NO2. The summed E-state index contributed by atoms with van der Waals surface area (Å²) in [6.45, 7) is 6.60. The Hall–Kier alpha value is -0.120. The van der Waals surface area contributed by atoms with Crippen molar-refractivity contribution in [1.82, 2.24) is 5.32 Å². The number of hydrogen-bond acceptors (Lipinski definition) is 3. The van der Waals surface area contributed by atoms with Crippen molar-refractivity contribution in [3.8, 4) is 0 Å². The number of hydrogen-bond donors (Lipinski definition) is 1. The molecule has 0 amide bonds. The van der Waals surface area contributed by atoms with Crippen molar-refractivity contribution < 1.29 is 9.47 Å². The molecule has 1 N–H and O–H groups in total. The first-order valence-electron chi connectivity index (χ1n) is 6.69. The molecule has 0 spiro atoms. The van der Waals surface area contributed by atoms with E-state index < -0.39 is 0 Å². The van der Waals surface area contributed by atoms with Crippen LogP contribution < -0.4 is 5.32 Å². The first-order chi connectivity index (χ1) is 7.91. The molecule has 0 heterocycles. The van der Waals surface area contributed by atoms with Crippen LogP contribution in [0.5, 0.6) is 0 Å². The molecular weight excluding hydrogens is 202 g/mol. The van der Waals surface area contributed by atoms with Crippen molar-refractivity contribution in [2.75, 3.05) is 40.0 Å². The second-order valence-corrected chi connectivity index (χ2v) is 4.12. The Morgan fingerprint density at radius 1 is 0.812 bits per heavy atom. The van der Waals surface area contributed by atoms with Crippen LogP contribution in [0.4, 0.5) is 0 Å². The Balaban J connectivity index is 2.83. The molecule has 3 nitrogen and oxygen atoms in total. The highest BCUT2D eigenvalue weighted by Crippen LogP contribution is 2.04. The third-order valence-electron chi connectivity index (χ3n) is 2.55. The molecule has 0 aliphatic heterocycles. The van der Waals surface area contributed by atoms with Gasteiger partial charge in [0, 0.05) is 26.8 Å². The van der Waals surface area contributed by atoms with E-state index in [1.165, 1.54) is 38.5 Å². The summed E-state index contributed by atoms with van der Waals surface area (Å²) in [7, 11) is 1.72. The van der Waals surface area contributed by atoms with Gasteiger partial charge in [0.2, 0.25) is 0 Å². The molecule has 98 valence electrons. The van der Waals surface area contributed by atoms with E-state index in [-0.39, 0.29) is 0 Å². The number of nitrogens with one attached hydrogen (secondary N) is 1. The Morgan fingerprint density at radius 3 is 2.25 bits per heavy atom. The van der Waals surface area contributed by atoms with Gasteiger partial charge >= 0.3 is 0 Å². The molecule has 0 radical (unpaired) electrons. The molecule has 0 aromatic rings. The first-order valence-corrected chi connectivity index (χ1v) is 6.69. The minimum atomic E-state index is 0.775. The monoisotopic (exact) mass is 231 g/mol. The lowest BCUT2D eigenvalue weighted by molar-refractivity contribution is 0.128. The van der Waals surface area contributed by atoms with Crippen molar-refractivity contribution in [3.63, 3.8) is 0 Å². The molecule has 0 saturated carbocycles. The predicted octanol–water partition coefficient (Wildman–Crippen LogP) is 2.60. The second kappa shape index (κ2) is 14.9. The Morgan fingerprint density at radius 2 is 1.50 bits per heavy atom. The highest BCUT2D eigenvalue weighted by molar-refractivity contribution is 4.46. The molecule has 0 aliphatic carbocycles. The molecule has 0 bridgehead atoms. The summed E-state index contributed by atoms with van der Waals surface area (Å²) in [5.41, 5.74) is 0. The van der Waals surface area contributed by atoms with E-state index >= 15 is 0 Å². The first kappa shape index (κ1) is 15.9. The molecule has 0 aromatic carbocycles. The highest BCUT2D eigenvalue weighted by atomic mass is 16.5. The van der Waals surface area contributed by atoms with E-state index in [0.717, 1.165) is 32.9 Å². The van der Waals surface area contributed by atoms with Gasteiger partial charge in [0.05, 0.1) is 13.2 Å². The zero-order valence-electron chi connectivity index (χ0n) is 11.1. The molecule has 0 aromatic heterocycles. The van der Waals surface area contributed by atoms with Crippen molar-refractivity contribution in [2.24, 2.45) is 0 Å². The number of methoxy groups -OCH3 is 1. The van der Waals surface area contributed by atoms with Gasteiger partial charge in [0.15, 0.2) is 0 Å². The maximum atomic E-state index is 5.52. The quantitative estimate of drug-likeness (QED) is 0.494. The second-order valence-electron chi connectivity index (χ2n) is 4.12. The number of ether oxygens (including phenoxy) is 2. The van der Waals surface area contributed by atoms with Gasteiger partial charge in [-0.3, -0.25) is 0 Å². The largest absolute Gasteiger partial charge is 0.383 e. The van der Waals surface area contributed by atoms with Gasteiger partial charge in [-0.2, -0.15) is 0 Å². The van der Waals surface area contributed by atoms with Crippen molar-refractivity contribution in [3.05, 3.63) is 0 Å². The van der Waals surface area contributed by atoms with Crippen LogP contribution in [0.2, 0.25) is 0 Å². The van der Waals surface area contributed by atoms with Crippen LogP contribution in [0.15, 0.2) is 0 Å². The molecule has 0 atom stereocenters. The van der Waals surface area contributed by atoms with Gasteiger partial charge in [-0.1, -0.05) is 39.0 Å². The fourth-order valence-electron chi connectivity index (χ4n) is 1.53. The van der Waals surface area contributed by atoms with E-state index in [2.05, 4.69) is 12.2 Å². The van der Waals surface area contributed by atoms with E-state index in [0.29, 0.717) is 0 Å². The maximum absolute atomic E-state index is 5.52. The molecule has 0 rings (SSSR count). The Labute approximate surface area is 101 Å². The Bertz CT molecular complexity index is 107. The van der Waals surface area contributed by atoms with Gasteiger partial charge < -0.3 is 14.8 Å². The van der Waals surface area contributed by atoms with E-state index in [1.54, 1.807) is 7.11 Å². The van der Waals surface area contributed by atoms with Crippen LogP contribution in [0.1, 0.15) is 45.4 Å². The smallest absolute Gasteiger partial charge is 0.0590 e. The summed E-state index contributed by atoms with van der Waals surface area (Å²) < 4.78 is 10.4. The number of rotatable bonds is 13. The van der Waals surface area contributed by atoms with Crippen LogP contribution in [0, 0.1) is 0 Å². The summed E-state index contributed by atoms with van der Waals surface area (Å²) >= 11 is 0. The normalized spacial score (nSPS) is 10.9. The topological polar surface area (TPSA) is 30.5 Å². The van der Waals surface area contributed by atoms with E-state index in [4.69, 9.17) is 9.47 Å². The van der Waals surface area contributed by atoms with Crippen LogP contribution >= 0.6 is 0 Å². The lowest BCUT2D eigenvalue weighted by Crippen LogP contribution is -2.23. The molecule has 0 aliphatic rings. The molecule has 3 heteroatoms. The van der Waals surface area contributed by atoms with Gasteiger partial charge in [-0.05, 0) is 6.42 Å². The standard InChI is InChI=1S/C13H29NO2/c1-3-4-5-6-7-8-11-16-13-10-14-9-12-15-2/h14H,3-13H2,1-2H3. The van der Waals surface area contributed by atoms with Crippen molar-refractivity contribution >= 4 is 0 Å². The Kier molecular flexibility index (Phi) is 14.8. The zero-order valence-corrected chi connectivity index (χ0v) is 11.1. The molecule has 16 heavy (non-hydrogen) atoms. The van der Waals surface area contributed by atoms with Crippen molar-refractivity contribution in [2.45, 2.75) is 45.4 Å². The van der Waals surface area contributed by atoms with Crippen LogP contribution in [-0.2, 0) is 9.47 Å². The van der Waals surface area contributed by atoms with E-state index in [9.17, 15) is 0 Å². The summed E-state index contributed by atoms with van der Waals surface area (Å²) in [6.07, 6.45) is 7.98. The van der Waals surface area contributed by atoms with Crippen LogP contribution in [-0.4, -0.2) is 40.0 Å². The highest BCUT2D eigenvalue weighted by Gasteiger charge is 1.91. The molecule has 0 fully saturated rings. The van der Waals surface area contributed by atoms with Crippen LogP contribution in [0.3, 0.4) is 0 Å². The zero-order chi connectivity index (χ0) is 11.9. The van der Waals surface area contributed by atoms with Gasteiger partial charge in [-0.15, -0.1) is 0 Å². The summed E-state index contributed by atoms with van der Waals surface area (Å²) in [5.74, 6) is 0. The third-order valence-corrected chi connectivity index (χ3v) is 2.55. The molecule has 0 unspecified atom stereocenters. The minimum Gasteiger partial charge on any atom is -0.383 e. The van der Waals surface area contributed by atoms with Crippen molar-refractivity contribution in [1.29, 1.82) is 0 Å². The fourth-order valence-corrected chi connectivity index (χ4v) is 1.53. The SMILES string of the molecule is CCCCCCCCOCCNCCOC. The molecule has 0 saturated heterocycles. The minimum absolute atomic E-state index is 0.775.